The average molecular weight is 160 g/mol. The predicted octanol–water partition coefficient (Wildman–Crippen LogP) is -0.00320. The lowest BCUT2D eigenvalue weighted by Crippen LogP contribution is -1.96. The Balaban J connectivity index is 3.46. The van der Waals surface area contributed by atoms with Crippen LogP contribution in [0.15, 0.2) is 0 Å². The quantitative estimate of drug-likeness (QED) is 0.566. The van der Waals surface area contributed by atoms with E-state index in [4.69, 9.17) is 10.00 Å². The Morgan fingerprint density at radius 1 is 1.67 bits per heavy atom. The van der Waals surface area contributed by atoms with Gasteiger partial charge in [-0.3, -0.25) is 4.52 Å². The van der Waals surface area contributed by atoms with Gasteiger partial charge in [0.2, 0.25) is 0 Å². The standard InChI is InChI=1S/C2H6FO5P/c3-8-9(5,6)7-2-1-4/h4H,1-2H2,(H,5,6). The second-order valence-corrected chi connectivity index (χ2v) is 2.43. The molecular weight excluding hydrogens is 154 g/mol. The van der Waals surface area contributed by atoms with Crippen molar-refractivity contribution in [2.24, 2.45) is 0 Å². The summed E-state index contributed by atoms with van der Waals surface area (Å²) in [7, 11) is -4.52. The zero-order valence-corrected chi connectivity index (χ0v) is 5.25. The zero-order valence-electron chi connectivity index (χ0n) is 4.36. The summed E-state index contributed by atoms with van der Waals surface area (Å²) in [5.41, 5.74) is 0. The number of hydrogen-bond acceptors (Lipinski definition) is 4. The lowest BCUT2D eigenvalue weighted by Gasteiger charge is -2.02. The molecule has 1 atom stereocenters. The van der Waals surface area contributed by atoms with Gasteiger partial charge in [-0.2, -0.15) is 0 Å². The van der Waals surface area contributed by atoms with Gasteiger partial charge in [0.25, 0.3) is 0 Å². The minimum atomic E-state index is -4.52. The van der Waals surface area contributed by atoms with E-state index < -0.39 is 21.0 Å². The highest BCUT2D eigenvalue weighted by molar-refractivity contribution is 7.47. The molecule has 0 spiro atoms. The summed E-state index contributed by atoms with van der Waals surface area (Å²) in [6.07, 6.45) is 0. The van der Waals surface area contributed by atoms with E-state index in [1.165, 1.54) is 0 Å². The Kier molecular flexibility index (Phi) is 3.92. The van der Waals surface area contributed by atoms with E-state index in [1.54, 1.807) is 0 Å². The van der Waals surface area contributed by atoms with Crippen LogP contribution in [0.3, 0.4) is 0 Å². The van der Waals surface area contributed by atoms with Crippen LogP contribution in [0.5, 0.6) is 0 Å². The average Bonchev–Trinajstić information content (AvgIpc) is 1.84. The SMILES string of the molecule is O=P(O)(OF)OCCO. The molecule has 5 nitrogen and oxygen atoms in total. The van der Waals surface area contributed by atoms with Gasteiger partial charge < -0.3 is 10.00 Å². The van der Waals surface area contributed by atoms with Gasteiger partial charge >= 0.3 is 7.82 Å². The Bertz CT molecular complexity index is 116. The molecule has 0 saturated carbocycles. The molecule has 0 aliphatic rings. The molecule has 0 heterocycles. The third kappa shape index (κ3) is 4.50. The minimum Gasteiger partial charge on any atom is -0.394 e. The number of hydrogen-bond donors (Lipinski definition) is 2. The minimum absolute atomic E-state index is 0.433. The largest absolute Gasteiger partial charge is 0.503 e. The van der Waals surface area contributed by atoms with E-state index in [-0.39, 0.29) is 0 Å². The van der Waals surface area contributed by atoms with Gasteiger partial charge in [0.05, 0.1) is 13.2 Å². The van der Waals surface area contributed by atoms with Crippen LogP contribution in [0.25, 0.3) is 0 Å². The van der Waals surface area contributed by atoms with Crippen molar-refractivity contribution in [2.75, 3.05) is 13.2 Å². The molecule has 0 amide bonds. The molecular formula is C2H6FO5P. The normalized spacial score (nSPS) is 17.2. The third-order valence-corrected chi connectivity index (χ3v) is 1.12. The Morgan fingerprint density at radius 2 is 2.22 bits per heavy atom. The van der Waals surface area contributed by atoms with E-state index in [2.05, 4.69) is 9.25 Å². The summed E-state index contributed by atoms with van der Waals surface area (Å²) in [6.45, 7) is -0.897. The Morgan fingerprint density at radius 3 is 2.56 bits per heavy atom. The van der Waals surface area contributed by atoms with Gasteiger partial charge in [-0.1, -0.05) is 4.73 Å². The second kappa shape index (κ2) is 3.92. The zero-order chi connectivity index (χ0) is 7.33. The molecule has 0 bridgehead atoms. The van der Waals surface area contributed by atoms with E-state index >= 15 is 0 Å². The van der Waals surface area contributed by atoms with Crippen molar-refractivity contribution in [1.82, 2.24) is 0 Å². The van der Waals surface area contributed by atoms with Crippen molar-refractivity contribution in [3.05, 3.63) is 0 Å². The molecule has 0 aliphatic heterocycles. The van der Waals surface area contributed by atoms with Gasteiger partial charge in [-0.25, -0.2) is 4.57 Å². The molecule has 7 heteroatoms. The molecule has 0 saturated heterocycles. The van der Waals surface area contributed by atoms with Gasteiger partial charge in [-0.05, 0) is 4.53 Å². The first-order valence-electron chi connectivity index (χ1n) is 2.01. The molecule has 1 unspecified atom stereocenters. The van der Waals surface area contributed by atoms with E-state index in [0.717, 1.165) is 0 Å². The molecule has 0 radical (unpaired) electrons. The fraction of sp³-hybridized carbons (Fsp3) is 1.00. The lowest BCUT2D eigenvalue weighted by molar-refractivity contribution is -0.0497. The predicted molar refractivity (Wildman–Crippen MR) is 25.1 cm³/mol. The Hall–Kier alpha value is -0.0000000000000000416. The van der Waals surface area contributed by atoms with Gasteiger partial charge in [0.15, 0.2) is 0 Å². The molecule has 9 heavy (non-hydrogen) atoms. The summed E-state index contributed by atoms with van der Waals surface area (Å²) in [4.78, 5) is 8.08. The highest BCUT2D eigenvalue weighted by Crippen LogP contribution is 2.42. The summed E-state index contributed by atoms with van der Waals surface area (Å²) in [6, 6.07) is 0. The molecule has 0 aromatic rings. The van der Waals surface area contributed by atoms with Crippen molar-refractivity contribution in [3.63, 3.8) is 0 Å². The molecule has 2 N–H and O–H groups in total. The number of rotatable bonds is 4. The summed E-state index contributed by atoms with van der Waals surface area (Å²) in [5.74, 6) is 0. The van der Waals surface area contributed by atoms with Crippen molar-refractivity contribution in [1.29, 1.82) is 0 Å². The van der Waals surface area contributed by atoms with E-state index in [9.17, 15) is 9.09 Å². The fourth-order valence-electron chi connectivity index (χ4n) is 0.176. The maximum absolute atomic E-state index is 10.9. The molecule has 0 fully saturated rings. The Labute approximate surface area is 50.5 Å². The number of aliphatic hydroxyl groups excluding tert-OH is 1. The van der Waals surface area contributed by atoms with E-state index in [0.29, 0.717) is 0 Å². The van der Waals surface area contributed by atoms with Crippen LogP contribution >= 0.6 is 7.82 Å². The first kappa shape index (κ1) is 9.00. The van der Waals surface area contributed by atoms with Crippen LogP contribution in [0, 0.1) is 0 Å². The number of halogens is 1. The van der Waals surface area contributed by atoms with Gasteiger partial charge in [0, 0.05) is 0 Å². The van der Waals surface area contributed by atoms with Gasteiger partial charge in [-0.15, -0.1) is 0 Å². The van der Waals surface area contributed by atoms with Crippen molar-refractivity contribution in [3.8, 4) is 0 Å². The van der Waals surface area contributed by atoms with Crippen molar-refractivity contribution < 1.29 is 28.3 Å². The van der Waals surface area contributed by atoms with Crippen LogP contribution in [0.2, 0.25) is 0 Å². The maximum atomic E-state index is 10.9. The number of phosphoric acid groups is 1. The molecule has 0 aliphatic carbocycles. The maximum Gasteiger partial charge on any atom is 0.503 e. The van der Waals surface area contributed by atoms with Crippen LogP contribution in [0.1, 0.15) is 0 Å². The molecule has 0 aromatic carbocycles. The highest BCUT2D eigenvalue weighted by atomic mass is 31.2. The van der Waals surface area contributed by atoms with Crippen molar-refractivity contribution >= 4 is 7.82 Å². The van der Waals surface area contributed by atoms with Crippen LogP contribution < -0.4 is 0 Å². The summed E-state index contributed by atoms with van der Waals surface area (Å²) >= 11 is 0. The number of phosphoric ester groups is 1. The fourth-order valence-corrected chi connectivity index (χ4v) is 0.528. The highest BCUT2D eigenvalue weighted by Gasteiger charge is 2.20. The molecule has 0 aromatic heterocycles. The first-order valence-corrected chi connectivity index (χ1v) is 3.50. The molecule has 0 rings (SSSR count). The summed E-state index contributed by atoms with van der Waals surface area (Å²) in [5, 5.41) is 7.99. The number of aliphatic hydroxyl groups is 1. The van der Waals surface area contributed by atoms with Gasteiger partial charge in [0.1, 0.15) is 0 Å². The van der Waals surface area contributed by atoms with E-state index in [1.807, 2.05) is 0 Å². The lowest BCUT2D eigenvalue weighted by atomic mass is 10.8. The van der Waals surface area contributed by atoms with Crippen molar-refractivity contribution in [2.45, 2.75) is 0 Å². The topological polar surface area (TPSA) is 76.0 Å². The van der Waals surface area contributed by atoms with Crippen LogP contribution in [0.4, 0.5) is 4.53 Å². The monoisotopic (exact) mass is 160 g/mol. The smallest absolute Gasteiger partial charge is 0.394 e. The second-order valence-electron chi connectivity index (χ2n) is 1.09. The van der Waals surface area contributed by atoms with Crippen LogP contribution in [-0.4, -0.2) is 23.2 Å². The van der Waals surface area contributed by atoms with Crippen LogP contribution in [-0.2, 0) is 13.8 Å². The summed E-state index contributed by atoms with van der Waals surface area (Å²) < 4.78 is 27.2. The third-order valence-electron chi connectivity index (χ3n) is 0.433. The molecule has 56 valence electrons. The first-order chi connectivity index (χ1) is 4.12.